The van der Waals surface area contributed by atoms with E-state index in [1.807, 2.05) is 18.2 Å². The van der Waals surface area contributed by atoms with Crippen molar-refractivity contribution in [2.45, 2.75) is 26.7 Å². The number of benzene rings is 2. The molecule has 0 saturated carbocycles. The first kappa shape index (κ1) is 16.8. The van der Waals surface area contributed by atoms with Crippen molar-refractivity contribution in [3.8, 4) is 0 Å². The molecule has 132 valence electrons. The zero-order valence-corrected chi connectivity index (χ0v) is 15.6. The van der Waals surface area contributed by atoms with Gasteiger partial charge in [0.25, 0.3) is 0 Å². The number of hydrazone groups is 1. The number of aliphatic imine (C=N–C) groups is 1. The molecule has 2 aromatic carbocycles. The summed E-state index contributed by atoms with van der Waals surface area (Å²) < 4.78 is 0. The molecule has 2 aliphatic rings. The van der Waals surface area contributed by atoms with Crippen LogP contribution in [0, 0.1) is 13.8 Å². The second-order valence-electron chi connectivity index (χ2n) is 6.54. The lowest BCUT2D eigenvalue weighted by Gasteiger charge is -2.19. The topological polar surface area (TPSA) is 65.8 Å². The summed E-state index contributed by atoms with van der Waals surface area (Å²) in [7, 11) is 0. The summed E-state index contributed by atoms with van der Waals surface area (Å²) in [4.78, 5) is 16.2. The Morgan fingerprint density at radius 3 is 2.65 bits per heavy atom. The van der Waals surface area contributed by atoms with Gasteiger partial charge in [-0.3, -0.25) is 10.2 Å². The van der Waals surface area contributed by atoms with Gasteiger partial charge < -0.3 is 5.32 Å². The average Bonchev–Trinajstić information content (AvgIpc) is 2.65. The van der Waals surface area contributed by atoms with Crippen LogP contribution in [-0.4, -0.2) is 22.5 Å². The molecule has 0 aromatic heterocycles. The Morgan fingerprint density at radius 1 is 1.12 bits per heavy atom. The van der Waals surface area contributed by atoms with Crippen molar-refractivity contribution in [3.63, 3.8) is 0 Å². The van der Waals surface area contributed by atoms with E-state index in [1.165, 1.54) is 5.56 Å². The van der Waals surface area contributed by atoms with Crippen molar-refractivity contribution < 1.29 is 4.79 Å². The molecule has 2 aliphatic heterocycles. The fraction of sp³-hybridized carbons (Fsp3) is 0.250. The number of nitrogens with one attached hydrogen (secondary N) is 2. The Hall–Kier alpha value is -2.60. The first-order valence-corrected chi connectivity index (χ1v) is 9.62. The summed E-state index contributed by atoms with van der Waals surface area (Å²) in [5.41, 5.74) is 10.6. The van der Waals surface area contributed by atoms with Gasteiger partial charge in [-0.2, -0.15) is 5.10 Å². The lowest BCUT2D eigenvalue weighted by molar-refractivity contribution is -0.116. The van der Waals surface area contributed by atoms with E-state index in [9.17, 15) is 4.79 Å². The molecule has 0 aliphatic carbocycles. The van der Waals surface area contributed by atoms with E-state index in [1.54, 1.807) is 11.8 Å². The summed E-state index contributed by atoms with van der Waals surface area (Å²) in [6.45, 7) is 4.14. The molecule has 0 radical (unpaired) electrons. The van der Waals surface area contributed by atoms with Gasteiger partial charge in [-0.25, -0.2) is 4.99 Å². The van der Waals surface area contributed by atoms with Crippen LogP contribution in [0.25, 0.3) is 0 Å². The second-order valence-corrected chi connectivity index (χ2v) is 7.50. The smallest absolute Gasteiger partial charge is 0.224 e. The molecule has 6 heteroatoms. The SMILES string of the molecule is Cc1cccc(C)c1N=C1NN=C(c2ccc3c(c2)CCC(=O)N3)CS1. The molecule has 0 bridgehead atoms. The molecule has 26 heavy (non-hydrogen) atoms. The summed E-state index contributed by atoms with van der Waals surface area (Å²) in [5.74, 6) is 0.854. The van der Waals surface area contributed by atoms with E-state index in [0.717, 1.165) is 51.1 Å². The van der Waals surface area contributed by atoms with Crippen LogP contribution in [-0.2, 0) is 11.2 Å². The number of fused-ring (bicyclic) bond motifs is 1. The van der Waals surface area contributed by atoms with Gasteiger partial charge in [-0.05, 0) is 54.7 Å². The lowest BCUT2D eigenvalue weighted by Crippen LogP contribution is -2.26. The van der Waals surface area contributed by atoms with Gasteiger partial charge in [0.2, 0.25) is 5.91 Å². The number of amides is 1. The van der Waals surface area contributed by atoms with Gasteiger partial charge in [0.15, 0.2) is 5.17 Å². The highest BCUT2D eigenvalue weighted by atomic mass is 32.2. The monoisotopic (exact) mass is 364 g/mol. The van der Waals surface area contributed by atoms with Crippen molar-refractivity contribution in [3.05, 3.63) is 58.7 Å². The number of anilines is 1. The summed E-state index contributed by atoms with van der Waals surface area (Å²) >= 11 is 1.65. The van der Waals surface area contributed by atoms with E-state index in [0.29, 0.717) is 6.42 Å². The number of rotatable bonds is 2. The minimum Gasteiger partial charge on any atom is -0.326 e. The second kappa shape index (κ2) is 6.96. The maximum Gasteiger partial charge on any atom is 0.224 e. The van der Waals surface area contributed by atoms with Crippen molar-refractivity contribution >= 4 is 39.9 Å². The van der Waals surface area contributed by atoms with Crippen LogP contribution in [0.1, 0.15) is 28.7 Å². The van der Waals surface area contributed by atoms with Crippen molar-refractivity contribution in [1.29, 1.82) is 0 Å². The van der Waals surface area contributed by atoms with Crippen LogP contribution >= 0.6 is 11.8 Å². The Balaban J connectivity index is 1.55. The largest absolute Gasteiger partial charge is 0.326 e. The first-order chi connectivity index (χ1) is 12.6. The highest BCUT2D eigenvalue weighted by molar-refractivity contribution is 8.14. The Labute approximate surface area is 157 Å². The predicted molar refractivity (Wildman–Crippen MR) is 109 cm³/mol. The number of carbonyl (C=O) groups excluding carboxylic acids is 1. The quantitative estimate of drug-likeness (QED) is 0.849. The normalized spacial score (nSPS) is 18.0. The molecule has 0 atom stereocenters. The zero-order valence-electron chi connectivity index (χ0n) is 14.8. The van der Waals surface area contributed by atoms with Crippen LogP contribution in [0.3, 0.4) is 0 Å². The fourth-order valence-corrected chi connectivity index (χ4v) is 3.94. The van der Waals surface area contributed by atoms with Gasteiger partial charge in [0, 0.05) is 17.9 Å². The molecule has 2 heterocycles. The summed E-state index contributed by atoms with van der Waals surface area (Å²) in [6.07, 6.45) is 1.32. The van der Waals surface area contributed by atoms with E-state index in [2.05, 4.69) is 47.9 Å². The van der Waals surface area contributed by atoms with E-state index in [4.69, 9.17) is 4.99 Å². The minimum atomic E-state index is 0.0878. The molecule has 5 nitrogen and oxygen atoms in total. The number of amidine groups is 1. The Morgan fingerprint density at radius 2 is 1.92 bits per heavy atom. The molecule has 1 amide bonds. The van der Waals surface area contributed by atoms with Crippen LogP contribution in [0.4, 0.5) is 11.4 Å². The van der Waals surface area contributed by atoms with Crippen LogP contribution in [0.15, 0.2) is 46.5 Å². The third kappa shape index (κ3) is 3.37. The third-order valence-electron chi connectivity index (χ3n) is 4.62. The van der Waals surface area contributed by atoms with Crippen LogP contribution in [0.5, 0.6) is 0 Å². The van der Waals surface area contributed by atoms with Crippen molar-refractivity contribution in [1.82, 2.24) is 5.43 Å². The standard InChI is InChI=1S/C20H20N4OS/c1-12-4-3-5-13(2)19(12)22-20-24-23-17(11-26-20)15-6-8-16-14(10-15)7-9-18(25)21-16/h3-6,8,10H,7,9,11H2,1-2H3,(H,21,25)(H,22,24). The fourth-order valence-electron chi connectivity index (χ4n) is 3.17. The van der Waals surface area contributed by atoms with E-state index >= 15 is 0 Å². The number of hydrogen-bond donors (Lipinski definition) is 2. The maximum absolute atomic E-state index is 11.5. The number of para-hydroxylation sites is 1. The molecule has 4 rings (SSSR count). The maximum atomic E-state index is 11.5. The summed E-state index contributed by atoms with van der Waals surface area (Å²) in [6, 6.07) is 12.3. The molecule has 2 N–H and O–H groups in total. The molecular formula is C20H20N4OS. The van der Waals surface area contributed by atoms with E-state index < -0.39 is 0 Å². The van der Waals surface area contributed by atoms with Gasteiger partial charge in [-0.1, -0.05) is 36.0 Å². The summed E-state index contributed by atoms with van der Waals surface area (Å²) in [5, 5.41) is 8.26. The average molecular weight is 364 g/mol. The zero-order chi connectivity index (χ0) is 18.1. The first-order valence-electron chi connectivity index (χ1n) is 8.63. The highest BCUT2D eigenvalue weighted by Gasteiger charge is 2.18. The molecule has 0 fully saturated rings. The molecular weight excluding hydrogens is 344 g/mol. The minimum absolute atomic E-state index is 0.0878. The number of aryl methyl sites for hydroxylation is 3. The Kier molecular flexibility index (Phi) is 4.51. The molecule has 2 aromatic rings. The number of hydrogen-bond acceptors (Lipinski definition) is 4. The van der Waals surface area contributed by atoms with Gasteiger partial charge >= 0.3 is 0 Å². The molecule has 0 unspecified atom stereocenters. The van der Waals surface area contributed by atoms with Gasteiger partial charge in [0.1, 0.15) is 0 Å². The number of carbonyl (C=O) groups is 1. The van der Waals surface area contributed by atoms with Crippen LogP contribution in [0.2, 0.25) is 0 Å². The number of nitrogens with zero attached hydrogens (tertiary/aromatic N) is 2. The van der Waals surface area contributed by atoms with Crippen molar-refractivity contribution in [2.24, 2.45) is 10.1 Å². The Bertz CT molecular complexity index is 929. The predicted octanol–water partition coefficient (Wildman–Crippen LogP) is 3.92. The van der Waals surface area contributed by atoms with Crippen molar-refractivity contribution in [2.75, 3.05) is 11.1 Å². The van der Waals surface area contributed by atoms with Gasteiger partial charge in [-0.15, -0.1) is 0 Å². The highest BCUT2D eigenvalue weighted by Crippen LogP contribution is 2.27. The van der Waals surface area contributed by atoms with E-state index in [-0.39, 0.29) is 5.91 Å². The molecule has 0 spiro atoms. The van der Waals surface area contributed by atoms with Gasteiger partial charge in [0.05, 0.1) is 11.4 Å². The third-order valence-corrected chi connectivity index (χ3v) is 5.49. The lowest BCUT2D eigenvalue weighted by atomic mass is 9.99. The van der Waals surface area contributed by atoms with Crippen LogP contribution < -0.4 is 10.7 Å². The number of thioether (sulfide) groups is 1. The molecule has 0 saturated heterocycles.